The van der Waals surface area contributed by atoms with Crippen LogP contribution in [0.15, 0.2) is 128 Å². The van der Waals surface area contributed by atoms with Gasteiger partial charge in [0.1, 0.15) is 0 Å². The van der Waals surface area contributed by atoms with Crippen molar-refractivity contribution in [3.63, 3.8) is 0 Å². The van der Waals surface area contributed by atoms with Crippen LogP contribution in [0.1, 0.15) is 31.1 Å². The summed E-state index contributed by atoms with van der Waals surface area (Å²) in [6.07, 6.45) is 12.0. The lowest BCUT2D eigenvalue weighted by atomic mass is 10.0. The van der Waals surface area contributed by atoms with Crippen LogP contribution in [-0.4, -0.2) is 94.7 Å². The van der Waals surface area contributed by atoms with E-state index in [1.807, 2.05) is 131 Å². The smallest absolute Gasteiger partial charge is 0.258 e. The van der Waals surface area contributed by atoms with Gasteiger partial charge in [-0.15, -0.1) is 0 Å². The van der Waals surface area contributed by atoms with Crippen LogP contribution in [0.2, 0.25) is 0 Å². The van der Waals surface area contributed by atoms with Crippen molar-refractivity contribution in [2.75, 3.05) is 91.7 Å². The van der Waals surface area contributed by atoms with Crippen molar-refractivity contribution < 1.29 is 14.4 Å². The van der Waals surface area contributed by atoms with Crippen molar-refractivity contribution in [3.8, 4) is 0 Å². The molecular weight excluding hydrogens is 679 g/mol. The Hall–Kier alpha value is -6.69. The summed E-state index contributed by atoms with van der Waals surface area (Å²) in [4.78, 5) is 59.6. The third-order valence-corrected chi connectivity index (χ3v) is 9.92. The van der Waals surface area contributed by atoms with Gasteiger partial charge in [0.05, 0.1) is 20.0 Å². The first-order valence-corrected chi connectivity index (χ1v) is 17.7. The summed E-state index contributed by atoms with van der Waals surface area (Å²) in [7, 11) is 11.1. The Kier molecular flexibility index (Phi) is 9.75. The summed E-state index contributed by atoms with van der Waals surface area (Å²) < 4.78 is 0. The van der Waals surface area contributed by atoms with Gasteiger partial charge in [-0.25, -0.2) is 0 Å². The van der Waals surface area contributed by atoms with Crippen molar-refractivity contribution in [1.29, 1.82) is 0 Å². The van der Waals surface area contributed by atoms with Crippen LogP contribution in [0.3, 0.4) is 0 Å². The number of anilines is 6. The lowest BCUT2D eigenvalue weighted by Gasteiger charge is -2.24. The van der Waals surface area contributed by atoms with E-state index in [2.05, 4.69) is 29.4 Å². The molecule has 0 aliphatic carbocycles. The zero-order valence-corrected chi connectivity index (χ0v) is 31.5. The van der Waals surface area contributed by atoms with Crippen molar-refractivity contribution >= 4 is 51.8 Å². The molecule has 0 saturated carbocycles. The first kappa shape index (κ1) is 35.7. The van der Waals surface area contributed by atoms with Gasteiger partial charge in [-0.1, -0.05) is 0 Å². The predicted molar refractivity (Wildman–Crippen MR) is 217 cm³/mol. The van der Waals surface area contributed by atoms with Gasteiger partial charge in [-0.05, 0) is 91.0 Å². The Morgan fingerprint density at radius 1 is 0.407 bits per heavy atom. The molecule has 0 bridgehead atoms. The second kappa shape index (κ2) is 14.7. The van der Waals surface area contributed by atoms with Crippen molar-refractivity contribution in [2.24, 2.45) is 0 Å². The second-order valence-electron chi connectivity index (χ2n) is 13.9. The molecule has 0 aromatic heterocycles. The number of carbonyl (C=O) groups excluding carboxylic acids is 3. The van der Waals surface area contributed by atoms with E-state index in [0.29, 0.717) is 17.1 Å². The monoisotopic (exact) mass is 723 g/mol. The summed E-state index contributed by atoms with van der Waals surface area (Å²) in [5.41, 5.74) is 5.71. The van der Waals surface area contributed by atoms with Crippen LogP contribution in [0.4, 0.5) is 34.1 Å². The molecule has 7 rings (SSSR count). The molecule has 12 heteroatoms. The van der Waals surface area contributed by atoms with E-state index >= 15 is 0 Å². The van der Waals surface area contributed by atoms with Gasteiger partial charge in [0.15, 0.2) is 0 Å². The Morgan fingerprint density at radius 2 is 0.648 bits per heavy atom. The standard InChI is InChI=1S/C42H45N9O3/c1-43-19-22-49(28-43)37-13-7-34(8-14-37)46(4)40(52)31-25-32(41(53)47(5)35-9-15-38(16-10-35)50-23-20-44(2)29-50)27-33(26-31)42(54)48(6)36-11-17-39(18-12-36)51-24-21-45(3)30-51/h7-27H,28-30H2,1-6H3. The molecule has 276 valence electrons. The van der Waals surface area contributed by atoms with Crippen molar-refractivity contribution in [2.45, 2.75) is 0 Å². The normalized spacial score (nSPS) is 14.8. The van der Waals surface area contributed by atoms with Gasteiger partial charge in [-0.3, -0.25) is 14.4 Å². The maximum absolute atomic E-state index is 14.2. The average Bonchev–Trinajstić information content (AvgIpc) is 3.97. The third kappa shape index (κ3) is 7.31. The minimum atomic E-state index is -0.349. The SMILES string of the molecule is CN1C=CN(c2ccc(N(C)C(=O)c3cc(C(=O)N(C)c4ccc(N5C=CN(C)C5)cc4)cc(C(=O)N(C)c4ccc(N5C=CN(C)C5)cc4)c3)cc2)C1. The van der Waals surface area contributed by atoms with Gasteiger partial charge in [0.2, 0.25) is 0 Å². The highest BCUT2D eigenvalue weighted by Gasteiger charge is 2.24. The second-order valence-corrected chi connectivity index (χ2v) is 13.9. The Balaban J connectivity index is 1.16. The summed E-state index contributed by atoms with van der Waals surface area (Å²) in [6, 6.07) is 27.9. The lowest BCUT2D eigenvalue weighted by Crippen LogP contribution is -2.31. The zero-order chi connectivity index (χ0) is 38.1. The predicted octanol–water partition coefficient (Wildman–Crippen LogP) is 6.06. The minimum Gasteiger partial charge on any atom is -0.361 e. The number of hydrogen-bond acceptors (Lipinski definition) is 9. The third-order valence-electron chi connectivity index (χ3n) is 9.92. The molecule has 12 nitrogen and oxygen atoms in total. The largest absolute Gasteiger partial charge is 0.361 e. The Labute approximate surface area is 316 Å². The van der Waals surface area contributed by atoms with E-state index in [4.69, 9.17) is 0 Å². The first-order valence-electron chi connectivity index (χ1n) is 17.7. The van der Waals surface area contributed by atoms with Crippen LogP contribution in [0.25, 0.3) is 0 Å². The van der Waals surface area contributed by atoms with Gasteiger partial charge in [0.25, 0.3) is 17.7 Å². The number of benzene rings is 4. The van der Waals surface area contributed by atoms with E-state index < -0.39 is 0 Å². The summed E-state index contributed by atoms with van der Waals surface area (Å²) in [5.74, 6) is -1.05. The fourth-order valence-electron chi connectivity index (χ4n) is 6.62. The number of rotatable bonds is 9. The maximum Gasteiger partial charge on any atom is 0.258 e. The number of carbonyl (C=O) groups is 3. The lowest BCUT2D eigenvalue weighted by molar-refractivity contribution is 0.0992. The van der Waals surface area contributed by atoms with Crippen molar-refractivity contribution in [1.82, 2.24) is 14.7 Å². The van der Waals surface area contributed by atoms with Gasteiger partial charge in [0, 0.05) is 130 Å². The Morgan fingerprint density at radius 3 is 0.852 bits per heavy atom. The maximum atomic E-state index is 14.2. The summed E-state index contributed by atoms with van der Waals surface area (Å²) in [5, 5.41) is 0. The molecule has 3 amide bonds. The molecule has 0 spiro atoms. The molecule has 3 heterocycles. The molecule has 0 fully saturated rings. The van der Waals surface area contributed by atoms with E-state index in [1.165, 1.54) is 14.7 Å². The van der Waals surface area contributed by atoms with Crippen LogP contribution in [0, 0.1) is 0 Å². The highest BCUT2D eigenvalue weighted by Crippen LogP contribution is 2.28. The molecule has 3 aliphatic rings. The zero-order valence-electron chi connectivity index (χ0n) is 31.5. The Bertz CT molecular complexity index is 1880. The number of hydrogen-bond donors (Lipinski definition) is 0. The van der Waals surface area contributed by atoms with E-state index in [0.717, 1.165) is 37.1 Å². The van der Waals surface area contributed by atoms with E-state index in [1.54, 1.807) is 39.3 Å². The van der Waals surface area contributed by atoms with Gasteiger partial charge < -0.3 is 44.1 Å². The summed E-state index contributed by atoms with van der Waals surface area (Å²) >= 11 is 0. The molecule has 4 aromatic rings. The molecule has 4 aromatic carbocycles. The highest BCUT2D eigenvalue weighted by molar-refractivity contribution is 6.14. The fourth-order valence-corrected chi connectivity index (χ4v) is 6.62. The van der Waals surface area contributed by atoms with Crippen molar-refractivity contribution in [3.05, 3.63) is 145 Å². The summed E-state index contributed by atoms with van der Waals surface area (Å²) in [6.45, 7) is 2.22. The molecular formula is C42H45N9O3. The minimum absolute atomic E-state index is 0.224. The van der Waals surface area contributed by atoms with Crippen LogP contribution < -0.4 is 29.4 Å². The van der Waals surface area contributed by atoms with Crippen LogP contribution in [-0.2, 0) is 0 Å². The molecule has 0 radical (unpaired) electrons. The van der Waals surface area contributed by atoms with E-state index in [9.17, 15) is 14.4 Å². The average molecular weight is 724 g/mol. The molecule has 0 N–H and O–H groups in total. The fraction of sp³-hybridized carbons (Fsp3) is 0.214. The highest BCUT2D eigenvalue weighted by atomic mass is 16.2. The molecule has 3 aliphatic heterocycles. The quantitative estimate of drug-likeness (QED) is 0.205. The van der Waals surface area contributed by atoms with E-state index in [-0.39, 0.29) is 34.4 Å². The number of amides is 3. The van der Waals surface area contributed by atoms with Crippen LogP contribution in [0.5, 0.6) is 0 Å². The van der Waals surface area contributed by atoms with Crippen LogP contribution >= 0.6 is 0 Å². The molecule has 0 unspecified atom stereocenters. The first-order chi connectivity index (χ1) is 25.9. The van der Waals surface area contributed by atoms with Gasteiger partial charge in [-0.2, -0.15) is 0 Å². The number of nitrogens with zero attached hydrogens (tertiary/aromatic N) is 9. The van der Waals surface area contributed by atoms with Gasteiger partial charge >= 0.3 is 0 Å². The molecule has 0 saturated heterocycles. The molecule has 54 heavy (non-hydrogen) atoms. The topological polar surface area (TPSA) is 80.4 Å². The molecule has 0 atom stereocenters.